The van der Waals surface area contributed by atoms with E-state index in [0.717, 1.165) is 5.56 Å². The Balaban J connectivity index is 2.03. The molecule has 0 bridgehead atoms. The molecule has 1 amide bonds. The Bertz CT molecular complexity index is 640. The van der Waals surface area contributed by atoms with E-state index in [9.17, 15) is 9.90 Å². The molecule has 1 fully saturated rings. The molecule has 0 aromatic heterocycles. The lowest BCUT2D eigenvalue weighted by atomic mass is 9.75. The molecule has 116 valence electrons. The van der Waals surface area contributed by atoms with Crippen LogP contribution in [0.15, 0.2) is 53.6 Å². The maximum Gasteiger partial charge on any atom is 0.226 e. The normalized spacial score (nSPS) is 34.9. The molecular formula is C18H20ClNO2. The fourth-order valence-corrected chi connectivity index (χ4v) is 3.90. The van der Waals surface area contributed by atoms with Crippen LogP contribution in [0, 0.1) is 5.92 Å². The molecule has 1 aliphatic heterocycles. The molecule has 0 spiro atoms. The molecular weight excluding hydrogens is 298 g/mol. The molecule has 1 N–H and O–H groups in total. The molecule has 3 nitrogen and oxygen atoms in total. The van der Waals surface area contributed by atoms with E-state index in [0.29, 0.717) is 11.5 Å². The van der Waals surface area contributed by atoms with Crippen molar-refractivity contribution < 1.29 is 9.90 Å². The molecule has 1 aromatic rings. The van der Waals surface area contributed by atoms with E-state index in [1.54, 1.807) is 24.1 Å². The second-order valence-corrected chi connectivity index (χ2v) is 6.67. The number of amides is 1. The third-order valence-corrected chi connectivity index (χ3v) is 5.17. The summed E-state index contributed by atoms with van der Waals surface area (Å²) < 4.78 is 0. The standard InChI is InChI=1S/C18H20ClNO2/c1-12-15(13-6-4-3-5-7-13)16(20(2)17(12)21)18(22)10-8-14(19)9-11-18/h3-10,12,15-16,22H,11H2,1-2H3. The highest BCUT2D eigenvalue weighted by Gasteiger charge is 2.53. The topological polar surface area (TPSA) is 40.5 Å². The Morgan fingerprint density at radius 1 is 1.32 bits per heavy atom. The van der Waals surface area contributed by atoms with Crippen LogP contribution < -0.4 is 0 Å². The number of aliphatic hydroxyl groups is 1. The highest BCUT2D eigenvalue weighted by atomic mass is 35.5. The van der Waals surface area contributed by atoms with Gasteiger partial charge < -0.3 is 10.0 Å². The van der Waals surface area contributed by atoms with Crippen LogP contribution in [-0.2, 0) is 4.79 Å². The Kier molecular flexibility index (Phi) is 3.87. The van der Waals surface area contributed by atoms with Gasteiger partial charge in [0.1, 0.15) is 5.60 Å². The van der Waals surface area contributed by atoms with Gasteiger partial charge in [0, 0.05) is 30.3 Å². The molecule has 3 rings (SSSR count). The second-order valence-electron chi connectivity index (χ2n) is 6.24. The SMILES string of the molecule is CC1C(=O)N(C)C(C2(O)C=CC(Cl)=CC2)C1c1ccccc1. The predicted octanol–water partition coefficient (Wildman–Crippen LogP) is 3.06. The summed E-state index contributed by atoms with van der Waals surface area (Å²) in [6, 6.07) is 9.66. The highest BCUT2D eigenvalue weighted by molar-refractivity contribution is 6.31. The number of benzene rings is 1. The molecule has 1 aromatic carbocycles. The number of likely N-dealkylation sites (tertiary alicyclic amines) is 1. The Morgan fingerprint density at radius 3 is 2.59 bits per heavy atom. The lowest BCUT2D eigenvalue weighted by Gasteiger charge is -2.39. The molecule has 4 atom stereocenters. The first-order valence-corrected chi connectivity index (χ1v) is 7.91. The summed E-state index contributed by atoms with van der Waals surface area (Å²) in [4.78, 5) is 14.2. The van der Waals surface area contributed by atoms with Gasteiger partial charge in [-0.25, -0.2) is 0 Å². The van der Waals surface area contributed by atoms with E-state index in [4.69, 9.17) is 11.6 Å². The van der Waals surface area contributed by atoms with Gasteiger partial charge in [-0.05, 0) is 17.7 Å². The quantitative estimate of drug-likeness (QED) is 0.910. The summed E-state index contributed by atoms with van der Waals surface area (Å²) in [5.41, 5.74) is -0.00572. The van der Waals surface area contributed by atoms with Crippen LogP contribution in [0.2, 0.25) is 0 Å². The minimum absolute atomic E-state index is 0.0429. The second kappa shape index (κ2) is 5.56. The van der Waals surface area contributed by atoms with Gasteiger partial charge in [-0.2, -0.15) is 0 Å². The first-order valence-electron chi connectivity index (χ1n) is 7.53. The monoisotopic (exact) mass is 317 g/mol. The fourth-order valence-electron chi connectivity index (χ4n) is 3.76. The maximum atomic E-state index is 12.5. The predicted molar refractivity (Wildman–Crippen MR) is 87.5 cm³/mol. The van der Waals surface area contributed by atoms with E-state index in [-0.39, 0.29) is 23.8 Å². The number of hydrogen-bond acceptors (Lipinski definition) is 2. The van der Waals surface area contributed by atoms with Crippen LogP contribution in [0.4, 0.5) is 0 Å². The van der Waals surface area contributed by atoms with E-state index in [1.807, 2.05) is 43.3 Å². The minimum Gasteiger partial charge on any atom is -0.383 e. The van der Waals surface area contributed by atoms with Crippen molar-refractivity contribution in [2.75, 3.05) is 7.05 Å². The minimum atomic E-state index is -1.09. The molecule has 0 radical (unpaired) electrons. The summed E-state index contributed by atoms with van der Waals surface area (Å²) in [7, 11) is 1.78. The van der Waals surface area contributed by atoms with Crippen molar-refractivity contribution in [3.05, 3.63) is 59.2 Å². The average molecular weight is 318 g/mol. The third-order valence-electron chi connectivity index (χ3n) is 4.89. The summed E-state index contributed by atoms with van der Waals surface area (Å²) in [6.45, 7) is 1.94. The van der Waals surface area contributed by atoms with Crippen LogP contribution in [0.25, 0.3) is 0 Å². The van der Waals surface area contributed by atoms with Crippen molar-refractivity contribution in [2.24, 2.45) is 5.92 Å². The number of rotatable bonds is 2. The first kappa shape index (κ1) is 15.3. The highest BCUT2D eigenvalue weighted by Crippen LogP contribution is 2.45. The molecule has 2 aliphatic rings. The van der Waals surface area contributed by atoms with Crippen molar-refractivity contribution in [3.8, 4) is 0 Å². The average Bonchev–Trinajstić information content (AvgIpc) is 2.76. The Labute approximate surface area is 135 Å². The van der Waals surface area contributed by atoms with Gasteiger partial charge in [0.2, 0.25) is 5.91 Å². The van der Waals surface area contributed by atoms with Crippen LogP contribution in [-0.4, -0.2) is 34.6 Å². The number of carbonyl (C=O) groups is 1. The summed E-state index contributed by atoms with van der Waals surface area (Å²) in [5.74, 6) is -0.129. The number of halogens is 1. The molecule has 1 saturated heterocycles. The van der Waals surface area contributed by atoms with E-state index in [1.165, 1.54) is 0 Å². The Hall–Kier alpha value is -1.58. The first-order chi connectivity index (χ1) is 10.4. The molecule has 4 unspecified atom stereocenters. The number of carbonyl (C=O) groups excluding carboxylic acids is 1. The van der Waals surface area contributed by atoms with Crippen LogP contribution >= 0.6 is 11.6 Å². The molecule has 0 saturated carbocycles. The third kappa shape index (κ3) is 2.38. The van der Waals surface area contributed by atoms with Crippen LogP contribution in [0.5, 0.6) is 0 Å². The van der Waals surface area contributed by atoms with E-state index in [2.05, 4.69) is 0 Å². The van der Waals surface area contributed by atoms with Gasteiger partial charge in [-0.1, -0.05) is 54.9 Å². The zero-order chi connectivity index (χ0) is 15.9. The summed E-state index contributed by atoms with van der Waals surface area (Å²) in [5, 5.41) is 11.8. The van der Waals surface area contributed by atoms with Crippen molar-refractivity contribution in [1.29, 1.82) is 0 Å². The summed E-state index contributed by atoms with van der Waals surface area (Å²) in [6.07, 6.45) is 5.68. The number of hydrogen-bond donors (Lipinski definition) is 1. The lowest BCUT2D eigenvalue weighted by molar-refractivity contribution is -0.132. The van der Waals surface area contributed by atoms with Crippen molar-refractivity contribution in [2.45, 2.75) is 30.9 Å². The summed E-state index contributed by atoms with van der Waals surface area (Å²) >= 11 is 5.98. The largest absolute Gasteiger partial charge is 0.383 e. The van der Waals surface area contributed by atoms with Crippen LogP contribution in [0.1, 0.15) is 24.8 Å². The van der Waals surface area contributed by atoms with Gasteiger partial charge in [0.15, 0.2) is 0 Å². The van der Waals surface area contributed by atoms with Gasteiger partial charge in [-0.3, -0.25) is 4.79 Å². The van der Waals surface area contributed by atoms with E-state index >= 15 is 0 Å². The lowest BCUT2D eigenvalue weighted by Crippen LogP contribution is -2.50. The number of nitrogens with zero attached hydrogens (tertiary/aromatic N) is 1. The zero-order valence-electron chi connectivity index (χ0n) is 12.7. The van der Waals surface area contributed by atoms with Gasteiger partial charge >= 0.3 is 0 Å². The number of likely N-dealkylation sites (N-methyl/N-ethyl adjacent to an activating group) is 1. The molecule has 1 aliphatic carbocycles. The number of allylic oxidation sites excluding steroid dienone is 2. The maximum absolute atomic E-state index is 12.5. The van der Waals surface area contributed by atoms with Gasteiger partial charge in [-0.15, -0.1) is 0 Å². The molecule has 4 heteroatoms. The van der Waals surface area contributed by atoms with Crippen molar-refractivity contribution >= 4 is 17.5 Å². The van der Waals surface area contributed by atoms with Gasteiger partial charge in [0.25, 0.3) is 0 Å². The molecule has 1 heterocycles. The fraction of sp³-hybridized carbons (Fsp3) is 0.389. The Morgan fingerprint density at radius 2 is 2.00 bits per heavy atom. The smallest absolute Gasteiger partial charge is 0.226 e. The zero-order valence-corrected chi connectivity index (χ0v) is 13.5. The van der Waals surface area contributed by atoms with Crippen molar-refractivity contribution in [1.82, 2.24) is 4.90 Å². The molecule has 22 heavy (non-hydrogen) atoms. The van der Waals surface area contributed by atoms with Gasteiger partial charge in [0.05, 0.1) is 6.04 Å². The van der Waals surface area contributed by atoms with Crippen molar-refractivity contribution in [3.63, 3.8) is 0 Å². The van der Waals surface area contributed by atoms with Crippen LogP contribution in [0.3, 0.4) is 0 Å². The van der Waals surface area contributed by atoms with E-state index < -0.39 is 5.60 Å².